The van der Waals surface area contributed by atoms with Crippen molar-refractivity contribution in [2.45, 2.75) is 56.5 Å². The summed E-state index contributed by atoms with van der Waals surface area (Å²) in [5.74, 6) is 2.75. The van der Waals surface area contributed by atoms with Crippen LogP contribution in [0.1, 0.15) is 50.5 Å². The molecule has 102 valence electrons. The van der Waals surface area contributed by atoms with Crippen LogP contribution in [0.3, 0.4) is 0 Å². The van der Waals surface area contributed by atoms with Crippen molar-refractivity contribution in [3.63, 3.8) is 0 Å². The van der Waals surface area contributed by atoms with Crippen LogP contribution in [-0.4, -0.2) is 11.2 Å². The fourth-order valence-corrected chi connectivity index (χ4v) is 4.90. The fraction of sp³-hybridized carbons (Fsp3) is 0.667. The number of fused-ring (bicyclic) bond motifs is 2. The molecule has 3 fully saturated rings. The van der Waals surface area contributed by atoms with E-state index in [0.29, 0.717) is 0 Å². The molecular weight excluding hydrogens is 232 g/mol. The number of rotatable bonds is 4. The lowest BCUT2D eigenvalue weighted by Gasteiger charge is -2.29. The maximum absolute atomic E-state index is 10.8. The molecule has 4 rings (SSSR count). The molecular formula is C18H24O. The summed E-state index contributed by atoms with van der Waals surface area (Å²) < 4.78 is 0. The first-order valence-electron chi connectivity index (χ1n) is 8.01. The first-order valence-corrected chi connectivity index (χ1v) is 8.01. The maximum Gasteiger partial charge on any atom is 0.0639 e. The van der Waals surface area contributed by atoms with Gasteiger partial charge in [0.15, 0.2) is 0 Å². The summed E-state index contributed by atoms with van der Waals surface area (Å²) in [5, 5.41) is 10.8. The Balaban J connectivity index is 1.47. The normalized spacial score (nSPS) is 36.4. The summed E-state index contributed by atoms with van der Waals surface area (Å²) in [7, 11) is 0. The van der Waals surface area contributed by atoms with Crippen LogP contribution < -0.4 is 0 Å². The van der Waals surface area contributed by atoms with E-state index in [2.05, 4.69) is 30.3 Å². The molecule has 1 aromatic carbocycles. The van der Waals surface area contributed by atoms with Gasteiger partial charge in [-0.15, -0.1) is 0 Å². The van der Waals surface area contributed by atoms with Crippen LogP contribution in [0.4, 0.5) is 0 Å². The highest BCUT2D eigenvalue weighted by Crippen LogP contribution is 2.55. The van der Waals surface area contributed by atoms with E-state index < -0.39 is 0 Å². The average molecular weight is 256 g/mol. The van der Waals surface area contributed by atoms with Crippen LogP contribution in [0.5, 0.6) is 0 Å². The van der Waals surface area contributed by atoms with Gasteiger partial charge < -0.3 is 5.11 Å². The van der Waals surface area contributed by atoms with Crippen molar-refractivity contribution in [3.8, 4) is 0 Å². The van der Waals surface area contributed by atoms with E-state index in [-0.39, 0.29) is 11.5 Å². The molecule has 0 heterocycles. The van der Waals surface area contributed by atoms with Crippen molar-refractivity contribution in [1.82, 2.24) is 0 Å². The van der Waals surface area contributed by atoms with E-state index >= 15 is 0 Å². The summed E-state index contributed by atoms with van der Waals surface area (Å²) in [6.45, 7) is 0. The third-order valence-corrected chi connectivity index (χ3v) is 6.19. The van der Waals surface area contributed by atoms with Gasteiger partial charge >= 0.3 is 0 Å². The third-order valence-electron chi connectivity index (χ3n) is 6.19. The van der Waals surface area contributed by atoms with Gasteiger partial charge in [0.2, 0.25) is 0 Å². The number of hydrogen-bond donors (Lipinski definition) is 1. The van der Waals surface area contributed by atoms with E-state index in [1.807, 2.05) is 0 Å². The molecule has 1 N–H and O–H groups in total. The topological polar surface area (TPSA) is 20.2 Å². The molecule has 0 aliphatic heterocycles. The van der Waals surface area contributed by atoms with Gasteiger partial charge in [-0.1, -0.05) is 36.8 Å². The van der Waals surface area contributed by atoms with Crippen LogP contribution >= 0.6 is 0 Å². The molecule has 1 aromatic rings. The van der Waals surface area contributed by atoms with Crippen molar-refractivity contribution < 1.29 is 5.11 Å². The second-order valence-electron chi connectivity index (χ2n) is 7.21. The summed E-state index contributed by atoms with van der Waals surface area (Å²) in [6, 6.07) is 10.7. The van der Waals surface area contributed by atoms with Gasteiger partial charge in [-0.2, -0.15) is 0 Å². The quantitative estimate of drug-likeness (QED) is 0.866. The molecule has 3 aliphatic carbocycles. The predicted molar refractivity (Wildman–Crippen MR) is 76.9 cm³/mol. The molecule has 4 unspecified atom stereocenters. The van der Waals surface area contributed by atoms with E-state index in [1.54, 1.807) is 0 Å². The van der Waals surface area contributed by atoms with Gasteiger partial charge in [0.05, 0.1) is 6.10 Å². The van der Waals surface area contributed by atoms with Crippen LogP contribution in [0.2, 0.25) is 0 Å². The summed E-state index contributed by atoms with van der Waals surface area (Å²) >= 11 is 0. The Hall–Kier alpha value is -0.820. The van der Waals surface area contributed by atoms with Crippen molar-refractivity contribution >= 4 is 0 Å². The Morgan fingerprint density at radius 3 is 2.47 bits per heavy atom. The lowest BCUT2D eigenvalue weighted by Crippen LogP contribution is -2.30. The largest absolute Gasteiger partial charge is 0.392 e. The zero-order chi connectivity index (χ0) is 12.9. The van der Waals surface area contributed by atoms with E-state index in [9.17, 15) is 5.11 Å². The van der Waals surface area contributed by atoms with Crippen molar-refractivity contribution in [3.05, 3.63) is 35.9 Å². The van der Waals surface area contributed by atoms with E-state index in [4.69, 9.17) is 0 Å². The highest BCUT2D eigenvalue weighted by atomic mass is 16.3. The number of benzene rings is 1. The Morgan fingerprint density at radius 2 is 1.89 bits per heavy atom. The standard InChI is InChI=1S/C18H24O/c19-17(12-15-11-13-6-7-14(15)10-13)18(8-9-18)16-4-2-1-3-5-16/h1-5,13-15,17,19H,6-12H2. The molecule has 2 bridgehead atoms. The van der Waals surface area contributed by atoms with Crippen molar-refractivity contribution in [1.29, 1.82) is 0 Å². The van der Waals surface area contributed by atoms with E-state index in [0.717, 1.165) is 24.2 Å². The Labute approximate surface area is 116 Å². The Bertz CT molecular complexity index is 448. The molecule has 0 radical (unpaired) electrons. The van der Waals surface area contributed by atoms with Crippen molar-refractivity contribution in [2.24, 2.45) is 17.8 Å². The number of aliphatic hydroxyl groups excluding tert-OH is 1. The van der Waals surface area contributed by atoms with Crippen molar-refractivity contribution in [2.75, 3.05) is 0 Å². The summed E-state index contributed by atoms with van der Waals surface area (Å²) in [4.78, 5) is 0. The molecule has 0 spiro atoms. The molecule has 3 aliphatic rings. The monoisotopic (exact) mass is 256 g/mol. The average Bonchev–Trinajstić information content (AvgIpc) is 3.01. The highest BCUT2D eigenvalue weighted by Gasteiger charge is 2.52. The molecule has 19 heavy (non-hydrogen) atoms. The SMILES string of the molecule is OC(CC1CC2CCC1C2)C1(c2ccccc2)CC1. The zero-order valence-electron chi connectivity index (χ0n) is 11.6. The third kappa shape index (κ3) is 1.94. The van der Waals surface area contributed by atoms with Crippen LogP contribution in [0, 0.1) is 17.8 Å². The van der Waals surface area contributed by atoms with Gasteiger partial charge in [-0.3, -0.25) is 0 Å². The second kappa shape index (κ2) is 4.34. The molecule has 0 amide bonds. The van der Waals surface area contributed by atoms with Crippen LogP contribution in [0.15, 0.2) is 30.3 Å². The highest BCUT2D eigenvalue weighted by molar-refractivity contribution is 5.33. The van der Waals surface area contributed by atoms with Crippen LogP contribution in [-0.2, 0) is 5.41 Å². The fourth-order valence-electron chi connectivity index (χ4n) is 4.90. The molecule has 1 heteroatoms. The zero-order valence-corrected chi connectivity index (χ0v) is 11.6. The van der Waals surface area contributed by atoms with Gasteiger partial charge in [0.1, 0.15) is 0 Å². The lowest BCUT2D eigenvalue weighted by atomic mass is 9.79. The summed E-state index contributed by atoms with van der Waals surface area (Å²) in [5.41, 5.74) is 1.48. The number of aliphatic hydroxyl groups is 1. The first-order chi connectivity index (χ1) is 9.28. The molecule has 3 saturated carbocycles. The predicted octanol–water partition coefficient (Wildman–Crippen LogP) is 3.91. The molecule has 0 saturated heterocycles. The van der Waals surface area contributed by atoms with Gasteiger partial charge in [0, 0.05) is 5.41 Å². The minimum Gasteiger partial charge on any atom is -0.392 e. The minimum absolute atomic E-state index is 0.112. The second-order valence-corrected chi connectivity index (χ2v) is 7.21. The summed E-state index contributed by atoms with van der Waals surface area (Å²) in [6.07, 6.45) is 9.04. The first kappa shape index (κ1) is 12.0. The molecule has 4 atom stereocenters. The van der Waals surface area contributed by atoms with Gasteiger partial charge in [-0.25, -0.2) is 0 Å². The lowest BCUT2D eigenvalue weighted by molar-refractivity contribution is 0.0893. The van der Waals surface area contributed by atoms with Gasteiger partial charge in [0.25, 0.3) is 0 Å². The number of hydrogen-bond acceptors (Lipinski definition) is 1. The van der Waals surface area contributed by atoms with E-state index in [1.165, 1.54) is 44.1 Å². The van der Waals surface area contributed by atoms with Crippen LogP contribution in [0.25, 0.3) is 0 Å². The Morgan fingerprint density at radius 1 is 1.11 bits per heavy atom. The Kier molecular flexibility index (Phi) is 2.73. The molecule has 1 nitrogen and oxygen atoms in total. The molecule has 0 aromatic heterocycles. The smallest absolute Gasteiger partial charge is 0.0639 e. The maximum atomic E-state index is 10.8. The van der Waals surface area contributed by atoms with Gasteiger partial charge in [-0.05, 0) is 61.8 Å². The minimum atomic E-state index is -0.112.